The number of aliphatic hydroxyl groups is 1. The third-order valence-electron chi connectivity index (χ3n) is 4.19. The molecule has 1 aromatic carbocycles. The number of amides is 1. The van der Waals surface area contributed by atoms with E-state index in [2.05, 4.69) is 5.32 Å². The predicted octanol–water partition coefficient (Wildman–Crippen LogP) is 1.94. The number of rotatable bonds is 8. The number of carbonyl (C=O) groups is 1. The highest BCUT2D eigenvalue weighted by Crippen LogP contribution is 2.26. The van der Waals surface area contributed by atoms with Crippen LogP contribution in [-0.2, 0) is 4.79 Å². The Labute approximate surface area is 136 Å². The molecule has 0 radical (unpaired) electrons. The van der Waals surface area contributed by atoms with Crippen molar-refractivity contribution in [3.05, 3.63) is 34.4 Å². The van der Waals surface area contributed by atoms with E-state index in [-0.39, 0.29) is 30.6 Å². The summed E-state index contributed by atoms with van der Waals surface area (Å²) in [6, 6.07) is 6.27. The number of nitro benzene ring substituents is 1. The molecule has 0 saturated carbocycles. The van der Waals surface area contributed by atoms with Crippen molar-refractivity contribution in [2.45, 2.75) is 32.8 Å². The van der Waals surface area contributed by atoms with Gasteiger partial charge in [0.15, 0.2) is 0 Å². The number of nitrogens with one attached hydrogen (secondary N) is 1. The second-order valence-corrected chi connectivity index (χ2v) is 6.05. The zero-order chi connectivity index (χ0) is 17.6. The number of hydrogen-bond acceptors (Lipinski definition) is 5. The van der Waals surface area contributed by atoms with Crippen LogP contribution in [0, 0.1) is 16.0 Å². The summed E-state index contributed by atoms with van der Waals surface area (Å²) in [5.41, 5.74) is -0.655. The van der Waals surface area contributed by atoms with E-state index < -0.39 is 10.5 Å². The van der Waals surface area contributed by atoms with E-state index >= 15 is 0 Å². The lowest BCUT2D eigenvalue weighted by molar-refractivity contribution is -0.384. The Morgan fingerprint density at radius 1 is 1.48 bits per heavy atom. The van der Waals surface area contributed by atoms with Gasteiger partial charge in [-0.2, -0.15) is 0 Å². The van der Waals surface area contributed by atoms with Gasteiger partial charge in [-0.15, -0.1) is 0 Å². The minimum Gasteiger partial charge on any atom is -0.388 e. The van der Waals surface area contributed by atoms with Gasteiger partial charge in [-0.3, -0.25) is 14.9 Å². The SMILES string of the molecule is CCC(C)C(C)(O)CNC(=O)CN(C)c1ccccc1[N+](=O)[O-]. The predicted molar refractivity (Wildman–Crippen MR) is 89.5 cm³/mol. The van der Waals surface area contributed by atoms with Gasteiger partial charge in [-0.1, -0.05) is 32.4 Å². The quantitative estimate of drug-likeness (QED) is 0.563. The minimum atomic E-state index is -0.984. The lowest BCUT2D eigenvalue weighted by Gasteiger charge is -2.30. The number of nitro groups is 1. The molecule has 2 unspecified atom stereocenters. The fourth-order valence-corrected chi connectivity index (χ4v) is 2.19. The largest absolute Gasteiger partial charge is 0.388 e. The summed E-state index contributed by atoms with van der Waals surface area (Å²) in [4.78, 5) is 24.1. The van der Waals surface area contributed by atoms with Gasteiger partial charge in [-0.05, 0) is 18.9 Å². The molecule has 0 spiro atoms. The maximum absolute atomic E-state index is 12.0. The molecule has 7 nitrogen and oxygen atoms in total. The monoisotopic (exact) mass is 323 g/mol. The molecule has 0 aliphatic carbocycles. The van der Waals surface area contributed by atoms with Gasteiger partial charge >= 0.3 is 0 Å². The molecule has 0 fully saturated rings. The summed E-state index contributed by atoms with van der Waals surface area (Å²) in [5.74, 6) is -0.245. The molecule has 0 bridgehead atoms. The lowest BCUT2D eigenvalue weighted by atomic mass is 9.89. The maximum atomic E-state index is 12.0. The van der Waals surface area contributed by atoms with Crippen molar-refractivity contribution in [2.24, 2.45) is 5.92 Å². The van der Waals surface area contributed by atoms with Crippen LogP contribution in [-0.4, -0.2) is 41.7 Å². The van der Waals surface area contributed by atoms with E-state index in [1.807, 2.05) is 13.8 Å². The zero-order valence-electron chi connectivity index (χ0n) is 14.1. The molecule has 1 amide bonds. The summed E-state index contributed by atoms with van der Waals surface area (Å²) in [6.45, 7) is 5.70. The van der Waals surface area contributed by atoms with Crippen LogP contribution < -0.4 is 10.2 Å². The molecule has 0 aliphatic rings. The minimum absolute atomic E-state index is 0.0263. The van der Waals surface area contributed by atoms with Crippen LogP contribution in [0.5, 0.6) is 0 Å². The maximum Gasteiger partial charge on any atom is 0.292 e. The number of benzene rings is 1. The van der Waals surface area contributed by atoms with Crippen LogP contribution >= 0.6 is 0 Å². The third kappa shape index (κ3) is 5.21. The Morgan fingerprint density at radius 2 is 2.09 bits per heavy atom. The van der Waals surface area contributed by atoms with Crippen molar-refractivity contribution in [1.29, 1.82) is 0 Å². The summed E-state index contributed by atoms with van der Waals surface area (Å²) in [6.07, 6.45) is 0.805. The summed E-state index contributed by atoms with van der Waals surface area (Å²) in [5, 5.41) is 24.0. The summed E-state index contributed by atoms with van der Waals surface area (Å²) < 4.78 is 0. The van der Waals surface area contributed by atoms with Gasteiger partial charge in [0.1, 0.15) is 5.69 Å². The van der Waals surface area contributed by atoms with Crippen molar-refractivity contribution >= 4 is 17.3 Å². The van der Waals surface area contributed by atoms with Gasteiger partial charge in [0.25, 0.3) is 5.69 Å². The normalized spacial score (nSPS) is 14.7. The van der Waals surface area contributed by atoms with E-state index in [9.17, 15) is 20.0 Å². The Balaban J connectivity index is 2.66. The van der Waals surface area contributed by atoms with Crippen LogP contribution in [0.15, 0.2) is 24.3 Å². The molecule has 2 N–H and O–H groups in total. The number of hydrogen-bond donors (Lipinski definition) is 2. The average molecular weight is 323 g/mol. The third-order valence-corrected chi connectivity index (χ3v) is 4.19. The second kappa shape index (κ2) is 7.92. The molecule has 1 aromatic rings. The molecule has 0 saturated heterocycles. The molecule has 0 aromatic heterocycles. The first-order chi connectivity index (χ1) is 10.7. The number of likely N-dealkylation sites (N-methyl/N-ethyl adjacent to an activating group) is 1. The fourth-order valence-electron chi connectivity index (χ4n) is 2.19. The second-order valence-electron chi connectivity index (χ2n) is 6.05. The summed E-state index contributed by atoms with van der Waals surface area (Å²) in [7, 11) is 1.62. The van der Waals surface area contributed by atoms with E-state index in [0.717, 1.165) is 6.42 Å². The fraction of sp³-hybridized carbons (Fsp3) is 0.562. The highest BCUT2D eigenvalue weighted by atomic mass is 16.6. The number of nitrogens with zero attached hydrogens (tertiary/aromatic N) is 2. The smallest absolute Gasteiger partial charge is 0.292 e. The first-order valence-electron chi connectivity index (χ1n) is 7.62. The molecular weight excluding hydrogens is 298 g/mol. The van der Waals surface area contributed by atoms with Gasteiger partial charge in [-0.25, -0.2) is 0 Å². The molecule has 2 atom stereocenters. The van der Waals surface area contributed by atoms with Crippen LogP contribution in [0.3, 0.4) is 0 Å². The van der Waals surface area contributed by atoms with Gasteiger partial charge < -0.3 is 15.3 Å². The van der Waals surface area contributed by atoms with Crippen LogP contribution in [0.25, 0.3) is 0 Å². The number of anilines is 1. The van der Waals surface area contributed by atoms with E-state index in [1.54, 1.807) is 32.2 Å². The van der Waals surface area contributed by atoms with Crippen molar-refractivity contribution in [2.75, 3.05) is 25.0 Å². The first kappa shape index (κ1) is 18.9. The van der Waals surface area contributed by atoms with Crippen LogP contribution in [0.1, 0.15) is 27.2 Å². The highest BCUT2D eigenvalue weighted by molar-refractivity contribution is 5.82. The van der Waals surface area contributed by atoms with E-state index in [1.165, 1.54) is 11.0 Å². The standard InChI is InChI=1S/C16H25N3O4/c1-5-12(2)16(3,21)11-17-15(20)10-18(4)13-8-6-7-9-14(13)19(22)23/h6-9,12,21H,5,10-11H2,1-4H3,(H,17,20). The molecule has 7 heteroatoms. The average Bonchev–Trinajstić information content (AvgIpc) is 2.52. The topological polar surface area (TPSA) is 95.7 Å². The van der Waals surface area contributed by atoms with Crippen molar-refractivity contribution in [3.63, 3.8) is 0 Å². The number of carbonyl (C=O) groups excluding carboxylic acids is 1. The Kier molecular flexibility index (Phi) is 6.50. The number of para-hydroxylation sites is 2. The van der Waals surface area contributed by atoms with E-state index in [4.69, 9.17) is 0 Å². The molecular formula is C16H25N3O4. The zero-order valence-corrected chi connectivity index (χ0v) is 14.1. The lowest BCUT2D eigenvalue weighted by Crippen LogP contribution is -2.47. The van der Waals surface area contributed by atoms with Crippen LogP contribution in [0.4, 0.5) is 11.4 Å². The van der Waals surface area contributed by atoms with Gasteiger partial charge in [0.2, 0.25) is 5.91 Å². The molecule has 23 heavy (non-hydrogen) atoms. The molecule has 0 heterocycles. The molecule has 0 aliphatic heterocycles. The van der Waals surface area contributed by atoms with Crippen molar-refractivity contribution < 1.29 is 14.8 Å². The van der Waals surface area contributed by atoms with E-state index in [0.29, 0.717) is 5.69 Å². The first-order valence-corrected chi connectivity index (χ1v) is 7.62. The Morgan fingerprint density at radius 3 is 2.65 bits per heavy atom. The van der Waals surface area contributed by atoms with Crippen LogP contribution in [0.2, 0.25) is 0 Å². The Hall–Kier alpha value is -2.15. The molecule has 1 rings (SSSR count). The van der Waals surface area contributed by atoms with Crippen molar-refractivity contribution in [3.8, 4) is 0 Å². The summed E-state index contributed by atoms with van der Waals surface area (Å²) >= 11 is 0. The highest BCUT2D eigenvalue weighted by Gasteiger charge is 2.27. The van der Waals surface area contributed by atoms with Gasteiger partial charge in [0.05, 0.1) is 17.1 Å². The van der Waals surface area contributed by atoms with Crippen molar-refractivity contribution in [1.82, 2.24) is 5.32 Å². The Bertz CT molecular complexity index is 560. The molecule has 128 valence electrons. The van der Waals surface area contributed by atoms with Gasteiger partial charge in [0, 0.05) is 19.7 Å².